The van der Waals surface area contributed by atoms with Crippen LogP contribution in [0.4, 0.5) is 23.2 Å². The molecule has 2 aliphatic rings. The lowest BCUT2D eigenvalue weighted by Gasteiger charge is -2.36. The molecule has 10 heteroatoms. The first-order valence-electron chi connectivity index (χ1n) is 10.4. The topological polar surface area (TPSA) is 74.6 Å². The number of aromatic nitrogens is 1. The highest BCUT2D eigenvalue weighted by Gasteiger charge is 2.58. The first-order valence-corrected chi connectivity index (χ1v) is 10.4. The molecule has 0 spiro atoms. The number of carboxylic acid groups (broad SMARTS) is 1. The van der Waals surface area contributed by atoms with Crippen molar-refractivity contribution in [2.24, 2.45) is 0 Å². The summed E-state index contributed by atoms with van der Waals surface area (Å²) in [5.41, 5.74) is -1.96. The number of carbonyl (C=O) groups is 1. The van der Waals surface area contributed by atoms with Gasteiger partial charge in [-0.15, -0.1) is 0 Å². The van der Waals surface area contributed by atoms with Crippen molar-refractivity contribution in [1.82, 2.24) is 9.88 Å². The predicted octanol–water partition coefficient (Wildman–Crippen LogP) is 3.71. The number of nitrogens with zero attached hydrogens (tertiary/aromatic N) is 2. The Kier molecular flexibility index (Phi) is 4.93. The van der Waals surface area contributed by atoms with Crippen molar-refractivity contribution in [3.05, 3.63) is 75.6 Å². The molecular weight excluding hydrogens is 442 g/mol. The second-order valence-corrected chi connectivity index (χ2v) is 8.35. The molecule has 1 aliphatic carbocycles. The van der Waals surface area contributed by atoms with Crippen molar-refractivity contribution >= 4 is 22.6 Å². The summed E-state index contributed by atoms with van der Waals surface area (Å²) in [6.07, 6.45) is 0.105. The highest BCUT2D eigenvalue weighted by molar-refractivity contribution is 5.94. The zero-order valence-corrected chi connectivity index (χ0v) is 17.2. The van der Waals surface area contributed by atoms with E-state index in [1.54, 1.807) is 0 Å². The maximum Gasteiger partial charge on any atom is 0.341 e. The van der Waals surface area contributed by atoms with Crippen molar-refractivity contribution in [3.63, 3.8) is 0 Å². The first kappa shape index (κ1) is 21.4. The van der Waals surface area contributed by atoms with E-state index < -0.39 is 63.6 Å². The van der Waals surface area contributed by atoms with Crippen LogP contribution in [0, 0.1) is 11.6 Å². The fraction of sp³-hybridized carbons (Fsp3) is 0.304. The number of alkyl halides is 2. The second kappa shape index (κ2) is 7.58. The average Bonchev–Trinajstić information content (AvgIpc) is 3.42. The minimum atomic E-state index is -3.17. The molecule has 0 bridgehead atoms. The van der Waals surface area contributed by atoms with E-state index in [1.165, 1.54) is 4.90 Å². The number of halogens is 4. The molecule has 172 valence electrons. The van der Waals surface area contributed by atoms with Crippen molar-refractivity contribution in [1.29, 1.82) is 0 Å². The van der Waals surface area contributed by atoms with E-state index >= 15 is 8.78 Å². The van der Waals surface area contributed by atoms with Gasteiger partial charge >= 0.3 is 5.97 Å². The number of aromatic carboxylic acids is 1. The van der Waals surface area contributed by atoms with E-state index in [-0.39, 0.29) is 19.1 Å². The molecule has 33 heavy (non-hydrogen) atoms. The lowest BCUT2D eigenvalue weighted by Crippen LogP contribution is -2.46. The van der Waals surface area contributed by atoms with Gasteiger partial charge in [-0.05, 0) is 11.6 Å². The molecular formula is C23H19F4N3O3. The van der Waals surface area contributed by atoms with Gasteiger partial charge in [0.2, 0.25) is 5.43 Å². The van der Waals surface area contributed by atoms with Crippen molar-refractivity contribution in [2.45, 2.75) is 24.4 Å². The largest absolute Gasteiger partial charge is 0.477 e. The Labute approximate surface area is 185 Å². The number of fused-ring (bicyclic) bond motifs is 1. The summed E-state index contributed by atoms with van der Waals surface area (Å²) in [5.74, 6) is -7.04. The number of hydrogen-bond donors (Lipinski definition) is 2. The monoisotopic (exact) mass is 461 g/mol. The van der Waals surface area contributed by atoms with Gasteiger partial charge in [0, 0.05) is 38.3 Å². The van der Waals surface area contributed by atoms with E-state index in [1.807, 2.05) is 30.3 Å². The molecule has 1 aliphatic heterocycles. The molecule has 2 fully saturated rings. The maximum atomic E-state index is 15.8. The Morgan fingerprint density at radius 1 is 1.18 bits per heavy atom. The Hall–Kier alpha value is -3.40. The standard InChI is InChI=1S/C23H19F4N3O3/c24-15-8-13-19(30(17-9-23(17,26)27)10-14(21(13)31)22(32)33)18(25)20(15)29-7-6-28-16(11-29)12-4-2-1-3-5-12/h1-5,8,10,16-17,28H,6-7,9,11H2,(H,32,33). The highest BCUT2D eigenvalue weighted by Crippen LogP contribution is 2.53. The quantitative estimate of drug-likeness (QED) is 0.580. The van der Waals surface area contributed by atoms with Crippen LogP contribution < -0.4 is 15.6 Å². The number of nitrogens with one attached hydrogen (secondary N) is 1. The van der Waals surface area contributed by atoms with Crippen LogP contribution in [0.5, 0.6) is 0 Å². The van der Waals surface area contributed by atoms with Crippen LogP contribution in [-0.2, 0) is 0 Å². The van der Waals surface area contributed by atoms with Crippen LogP contribution in [0.15, 0.2) is 47.4 Å². The molecule has 3 aromatic rings. The molecule has 5 rings (SSSR count). The summed E-state index contributed by atoms with van der Waals surface area (Å²) < 4.78 is 59.5. The summed E-state index contributed by atoms with van der Waals surface area (Å²) in [6.45, 7) is 0.877. The summed E-state index contributed by atoms with van der Waals surface area (Å²) >= 11 is 0. The lowest BCUT2D eigenvalue weighted by atomic mass is 10.0. The van der Waals surface area contributed by atoms with Gasteiger partial charge in [0.05, 0.1) is 10.9 Å². The Balaban J connectivity index is 1.67. The van der Waals surface area contributed by atoms with Gasteiger partial charge in [-0.2, -0.15) is 0 Å². The molecule has 2 unspecified atom stereocenters. The van der Waals surface area contributed by atoms with Gasteiger partial charge in [-0.25, -0.2) is 22.4 Å². The number of benzene rings is 2. The number of carboxylic acids is 1. The molecule has 0 radical (unpaired) electrons. The van der Waals surface area contributed by atoms with Gasteiger partial charge in [0.1, 0.15) is 23.1 Å². The third kappa shape index (κ3) is 3.54. The van der Waals surface area contributed by atoms with Gasteiger partial charge in [0.15, 0.2) is 5.82 Å². The van der Waals surface area contributed by atoms with E-state index in [9.17, 15) is 23.5 Å². The van der Waals surface area contributed by atoms with E-state index in [0.29, 0.717) is 6.54 Å². The smallest absolute Gasteiger partial charge is 0.341 e. The zero-order chi connectivity index (χ0) is 23.5. The molecule has 1 saturated heterocycles. The van der Waals surface area contributed by atoms with Crippen LogP contribution in [0.1, 0.15) is 34.4 Å². The van der Waals surface area contributed by atoms with Gasteiger partial charge in [-0.3, -0.25) is 4.79 Å². The third-order valence-corrected chi connectivity index (χ3v) is 6.24. The highest BCUT2D eigenvalue weighted by atomic mass is 19.3. The van der Waals surface area contributed by atoms with Gasteiger partial charge in [0.25, 0.3) is 5.92 Å². The Bertz CT molecular complexity index is 1330. The number of pyridine rings is 1. The average molecular weight is 461 g/mol. The molecule has 2 atom stereocenters. The van der Waals surface area contributed by atoms with Gasteiger partial charge < -0.3 is 19.9 Å². The van der Waals surface area contributed by atoms with Crippen molar-refractivity contribution < 1.29 is 27.5 Å². The number of hydrogen-bond acceptors (Lipinski definition) is 4. The van der Waals surface area contributed by atoms with Crippen LogP contribution in [0.3, 0.4) is 0 Å². The zero-order valence-electron chi connectivity index (χ0n) is 17.2. The molecule has 2 aromatic carbocycles. The Morgan fingerprint density at radius 2 is 1.88 bits per heavy atom. The van der Waals surface area contributed by atoms with Crippen molar-refractivity contribution in [3.8, 4) is 0 Å². The fourth-order valence-electron chi connectivity index (χ4n) is 4.48. The van der Waals surface area contributed by atoms with Crippen molar-refractivity contribution in [2.75, 3.05) is 24.5 Å². The fourth-order valence-corrected chi connectivity index (χ4v) is 4.48. The summed E-state index contributed by atoms with van der Waals surface area (Å²) in [6, 6.07) is 8.33. The maximum absolute atomic E-state index is 15.8. The third-order valence-electron chi connectivity index (χ3n) is 6.24. The van der Waals surface area contributed by atoms with Crippen LogP contribution in [0.2, 0.25) is 0 Å². The van der Waals surface area contributed by atoms with Crippen LogP contribution in [-0.4, -0.2) is 41.2 Å². The molecule has 0 amide bonds. The first-order chi connectivity index (χ1) is 15.7. The molecule has 1 saturated carbocycles. The summed E-state index contributed by atoms with van der Waals surface area (Å²) in [4.78, 5) is 25.6. The molecule has 6 nitrogen and oxygen atoms in total. The second-order valence-electron chi connectivity index (χ2n) is 8.35. The number of rotatable bonds is 4. The predicted molar refractivity (Wildman–Crippen MR) is 113 cm³/mol. The molecule has 1 aromatic heterocycles. The minimum absolute atomic E-state index is 0.209. The number of anilines is 1. The lowest BCUT2D eigenvalue weighted by molar-refractivity contribution is 0.0692. The SMILES string of the molecule is O=C(O)c1cn(C2CC2(F)F)c2c(F)c(N3CCNC(c4ccccc4)C3)c(F)cc2c1=O. The van der Waals surface area contributed by atoms with E-state index in [0.717, 1.165) is 22.4 Å². The Morgan fingerprint density at radius 3 is 2.52 bits per heavy atom. The van der Waals surface area contributed by atoms with Crippen LogP contribution in [0.25, 0.3) is 10.9 Å². The minimum Gasteiger partial charge on any atom is -0.477 e. The molecule has 2 heterocycles. The van der Waals surface area contributed by atoms with E-state index in [2.05, 4.69) is 5.32 Å². The number of piperazine rings is 1. The summed E-state index contributed by atoms with van der Waals surface area (Å²) in [7, 11) is 0. The van der Waals surface area contributed by atoms with Gasteiger partial charge in [-0.1, -0.05) is 30.3 Å². The summed E-state index contributed by atoms with van der Waals surface area (Å²) in [5, 5.41) is 12.0. The normalized spacial score (nSPS) is 21.9. The van der Waals surface area contributed by atoms with E-state index in [4.69, 9.17) is 0 Å². The molecule has 2 N–H and O–H groups in total. The van der Waals surface area contributed by atoms with Crippen LogP contribution >= 0.6 is 0 Å².